The minimum absolute atomic E-state index is 0.0455. The minimum atomic E-state index is -0.433. The molecule has 0 aromatic heterocycles. The second-order valence-corrected chi connectivity index (χ2v) is 13.3. The third kappa shape index (κ3) is 7.25. The Morgan fingerprint density at radius 1 is 0.846 bits per heavy atom. The van der Waals surface area contributed by atoms with E-state index < -0.39 is 5.78 Å². The summed E-state index contributed by atoms with van der Waals surface area (Å²) in [4.78, 5) is 49.7. The highest BCUT2D eigenvalue weighted by molar-refractivity contribution is 6.50. The summed E-state index contributed by atoms with van der Waals surface area (Å²) in [5.41, 5.74) is 5.24. The van der Waals surface area contributed by atoms with Gasteiger partial charge in [-0.2, -0.15) is 0 Å². The lowest BCUT2D eigenvalue weighted by atomic mass is 9.74. The fraction of sp³-hybridized carbons (Fsp3) is 0.381. The number of benzene rings is 3. The molecule has 0 heterocycles. The first-order chi connectivity index (χ1) is 25.0. The fourth-order valence-corrected chi connectivity index (χ4v) is 6.67. The van der Waals surface area contributed by atoms with Gasteiger partial charge < -0.3 is 30.1 Å². The maximum Gasteiger partial charge on any atom is 0.246 e. The Hall–Kier alpha value is -5.22. The van der Waals surface area contributed by atoms with Crippen LogP contribution in [0.4, 0.5) is 11.4 Å². The van der Waals surface area contributed by atoms with Crippen molar-refractivity contribution < 1.29 is 29.3 Å². The van der Waals surface area contributed by atoms with E-state index in [1.807, 2.05) is 75.9 Å². The van der Waals surface area contributed by atoms with Crippen LogP contribution in [-0.2, 0) is 21.0 Å². The van der Waals surface area contributed by atoms with Crippen molar-refractivity contribution in [3.8, 4) is 5.75 Å². The molecule has 52 heavy (non-hydrogen) atoms. The molecular formula is C42H50N4O6. The number of aliphatic imine (C=N–C) groups is 1. The minimum Gasteiger partial charge on any atom is -0.506 e. The van der Waals surface area contributed by atoms with Gasteiger partial charge in [-0.1, -0.05) is 38.8 Å². The predicted molar refractivity (Wildman–Crippen MR) is 210 cm³/mol. The van der Waals surface area contributed by atoms with E-state index in [1.54, 1.807) is 31.4 Å². The molecule has 0 unspecified atom stereocenters. The fourth-order valence-electron chi connectivity index (χ4n) is 6.67. The van der Waals surface area contributed by atoms with E-state index in [4.69, 9.17) is 4.74 Å². The van der Waals surface area contributed by atoms with E-state index in [0.717, 1.165) is 35.2 Å². The maximum atomic E-state index is 14.7. The summed E-state index contributed by atoms with van der Waals surface area (Å²) < 4.78 is 5.57. The number of aliphatic hydroxyl groups is 2. The molecule has 0 radical (unpaired) electrons. The van der Waals surface area contributed by atoms with Crippen LogP contribution in [0.15, 0.2) is 64.9 Å². The van der Waals surface area contributed by atoms with Gasteiger partial charge >= 0.3 is 0 Å². The SMILES string of the molecule is CCCCC(=O)N=C1C=C(N(C)CC)c2cc(CO)ccc2C1=C1C(=O)C(c2c(NC(=O)CCCC)cc(N(C)CC)c3cc(OC)ccc23)=C1O. The number of ketones is 1. The number of nitrogens with zero attached hydrogens (tertiary/aromatic N) is 3. The molecule has 0 bridgehead atoms. The first-order valence-corrected chi connectivity index (χ1v) is 18.2. The molecule has 3 aromatic carbocycles. The molecule has 0 aliphatic heterocycles. The topological polar surface area (TPSA) is 132 Å². The number of Topliss-reactive ketones (excluding diaryl/α,β-unsaturated/α-hetero) is 1. The molecule has 2 aliphatic rings. The monoisotopic (exact) mass is 706 g/mol. The zero-order valence-corrected chi connectivity index (χ0v) is 31.4. The zero-order chi connectivity index (χ0) is 37.7. The number of hydrogen-bond donors (Lipinski definition) is 3. The molecule has 2 amide bonds. The molecule has 0 spiro atoms. The predicted octanol–water partition coefficient (Wildman–Crippen LogP) is 7.70. The van der Waals surface area contributed by atoms with E-state index >= 15 is 0 Å². The van der Waals surface area contributed by atoms with Gasteiger partial charge in [-0.25, -0.2) is 4.99 Å². The van der Waals surface area contributed by atoms with Crippen LogP contribution in [0.25, 0.3) is 27.6 Å². The van der Waals surface area contributed by atoms with Crippen LogP contribution in [0.1, 0.15) is 88.5 Å². The second kappa shape index (κ2) is 16.4. The number of amides is 2. The Labute approximate surface area is 306 Å². The highest BCUT2D eigenvalue weighted by Crippen LogP contribution is 2.49. The van der Waals surface area contributed by atoms with Gasteiger partial charge in [-0.3, -0.25) is 14.4 Å². The summed E-state index contributed by atoms with van der Waals surface area (Å²) in [6, 6.07) is 12.8. The number of nitrogens with one attached hydrogen (secondary N) is 1. The Kier molecular flexibility index (Phi) is 12.0. The average Bonchev–Trinajstić information content (AvgIpc) is 3.16. The number of unbranched alkanes of at least 4 members (excludes halogenated alkanes) is 2. The number of ether oxygens (including phenoxy) is 1. The number of anilines is 2. The Bertz CT molecular complexity index is 2040. The molecule has 3 N–H and O–H groups in total. The standard InChI is InChI=1S/C42H50N4O6/c1-8-12-14-35(48)43-31-22-33(45(5)10-3)29-20-25(24-47)16-18-27(29)37(31)39-41(50)40(42(39)51)38-28-19-17-26(52-7)21-30(28)34(46(6)11-4)23-32(38)44-36(49)15-13-9-2/h16-23,47,50H,8-15,24H2,1-7H3,(H,44,49). The van der Waals surface area contributed by atoms with Crippen molar-refractivity contribution in [1.82, 2.24) is 4.90 Å². The van der Waals surface area contributed by atoms with Crippen molar-refractivity contribution in [2.24, 2.45) is 4.99 Å². The quantitative estimate of drug-likeness (QED) is 0.145. The third-order valence-corrected chi connectivity index (χ3v) is 9.88. The average molecular weight is 707 g/mol. The van der Waals surface area contributed by atoms with Gasteiger partial charge in [0.25, 0.3) is 0 Å². The van der Waals surface area contributed by atoms with E-state index in [-0.39, 0.29) is 47.5 Å². The van der Waals surface area contributed by atoms with Crippen molar-refractivity contribution in [3.63, 3.8) is 0 Å². The molecule has 0 saturated heterocycles. The third-order valence-electron chi connectivity index (χ3n) is 9.88. The van der Waals surface area contributed by atoms with E-state index in [1.165, 1.54) is 0 Å². The summed E-state index contributed by atoms with van der Waals surface area (Å²) in [7, 11) is 5.47. The van der Waals surface area contributed by atoms with Crippen molar-refractivity contribution in [2.75, 3.05) is 44.5 Å². The molecule has 0 saturated carbocycles. The number of methoxy groups -OCH3 is 1. The Morgan fingerprint density at radius 2 is 1.56 bits per heavy atom. The van der Waals surface area contributed by atoms with Gasteiger partial charge in [0.2, 0.25) is 17.6 Å². The molecule has 274 valence electrons. The van der Waals surface area contributed by atoms with Gasteiger partial charge in [0, 0.05) is 73.5 Å². The lowest BCUT2D eigenvalue weighted by molar-refractivity contribution is -0.118. The molecule has 10 nitrogen and oxygen atoms in total. The van der Waals surface area contributed by atoms with Crippen molar-refractivity contribution in [2.45, 2.75) is 72.8 Å². The molecular weight excluding hydrogens is 656 g/mol. The van der Waals surface area contributed by atoms with Crippen LogP contribution < -0.4 is 15.0 Å². The Morgan fingerprint density at radius 3 is 2.19 bits per heavy atom. The summed E-state index contributed by atoms with van der Waals surface area (Å²) in [6.07, 6.45) is 5.40. The van der Waals surface area contributed by atoms with Gasteiger partial charge in [-0.05, 0) is 79.6 Å². The number of carbonyl (C=O) groups excluding carboxylic acids is 3. The van der Waals surface area contributed by atoms with Crippen LogP contribution in [0.2, 0.25) is 0 Å². The first-order valence-electron chi connectivity index (χ1n) is 18.2. The van der Waals surface area contributed by atoms with Crippen LogP contribution in [0.3, 0.4) is 0 Å². The number of aliphatic hydroxyl groups excluding tert-OH is 2. The lowest BCUT2D eigenvalue weighted by Gasteiger charge is -2.33. The molecule has 10 heteroatoms. The van der Waals surface area contributed by atoms with Crippen molar-refractivity contribution >= 4 is 62.3 Å². The molecule has 3 aromatic rings. The molecule has 5 rings (SSSR count). The summed E-state index contributed by atoms with van der Waals surface area (Å²) >= 11 is 0. The summed E-state index contributed by atoms with van der Waals surface area (Å²) in [5.74, 6) is -0.561. The van der Waals surface area contributed by atoms with Crippen LogP contribution in [0.5, 0.6) is 5.75 Å². The molecule has 2 aliphatic carbocycles. The van der Waals surface area contributed by atoms with Gasteiger partial charge in [0.15, 0.2) is 0 Å². The number of fused-ring (bicyclic) bond motifs is 2. The molecule has 0 atom stereocenters. The van der Waals surface area contributed by atoms with Gasteiger partial charge in [0.1, 0.15) is 11.5 Å². The summed E-state index contributed by atoms with van der Waals surface area (Å²) in [5, 5.41) is 26.6. The summed E-state index contributed by atoms with van der Waals surface area (Å²) in [6.45, 7) is 9.20. The van der Waals surface area contributed by atoms with Crippen LogP contribution in [-0.4, -0.2) is 72.7 Å². The number of hydrogen-bond acceptors (Lipinski definition) is 8. The van der Waals surface area contributed by atoms with Gasteiger partial charge in [0.05, 0.1) is 36.3 Å². The normalized spacial score (nSPS) is 16.1. The number of carbonyl (C=O) groups is 3. The van der Waals surface area contributed by atoms with Crippen molar-refractivity contribution in [3.05, 3.63) is 82.1 Å². The highest BCUT2D eigenvalue weighted by atomic mass is 16.5. The van der Waals surface area contributed by atoms with Crippen LogP contribution >= 0.6 is 0 Å². The Balaban J connectivity index is 1.83. The number of rotatable bonds is 14. The van der Waals surface area contributed by atoms with Crippen molar-refractivity contribution in [1.29, 1.82) is 0 Å². The van der Waals surface area contributed by atoms with E-state index in [0.29, 0.717) is 71.4 Å². The van der Waals surface area contributed by atoms with E-state index in [2.05, 4.69) is 10.3 Å². The zero-order valence-electron chi connectivity index (χ0n) is 31.4. The number of allylic oxidation sites excluding steroid dienone is 4. The largest absolute Gasteiger partial charge is 0.506 e. The highest BCUT2D eigenvalue weighted by Gasteiger charge is 2.42. The second-order valence-electron chi connectivity index (χ2n) is 13.3. The first kappa shape index (κ1) is 38.0. The van der Waals surface area contributed by atoms with Gasteiger partial charge in [-0.15, -0.1) is 0 Å². The van der Waals surface area contributed by atoms with E-state index in [9.17, 15) is 24.6 Å². The molecule has 0 fully saturated rings. The van der Waals surface area contributed by atoms with Crippen LogP contribution in [0, 0.1) is 0 Å². The lowest BCUT2D eigenvalue weighted by Crippen LogP contribution is -2.29. The maximum absolute atomic E-state index is 14.7. The smallest absolute Gasteiger partial charge is 0.246 e.